The zero-order chi connectivity index (χ0) is 11.2. The molecule has 84 valence electrons. The molecule has 0 radical (unpaired) electrons. The van der Waals surface area contributed by atoms with Gasteiger partial charge in [-0.2, -0.15) is 0 Å². The first-order valence-corrected chi connectivity index (χ1v) is 5.41. The summed E-state index contributed by atoms with van der Waals surface area (Å²) in [5.74, 6) is 0. The van der Waals surface area contributed by atoms with E-state index in [-0.39, 0.29) is 0 Å². The van der Waals surface area contributed by atoms with Crippen molar-refractivity contribution in [2.45, 2.75) is 19.3 Å². The zero-order valence-electron chi connectivity index (χ0n) is 9.02. The predicted molar refractivity (Wildman–Crippen MR) is 60.3 cm³/mol. The molecule has 0 unspecified atom stereocenters. The number of hydrogen-bond donors (Lipinski definition) is 0. The summed E-state index contributed by atoms with van der Waals surface area (Å²) in [6.07, 6.45) is 6.37. The first-order chi connectivity index (χ1) is 7.92. The molecule has 0 N–H and O–H groups in total. The third kappa shape index (κ3) is 2.42. The third-order valence-electron chi connectivity index (χ3n) is 2.66. The second-order valence-corrected chi connectivity index (χ2v) is 3.71. The SMILES string of the molecule is O=COCCCCc1ccc2ccocc1-2. The Labute approximate surface area is 94.4 Å². The van der Waals surface area contributed by atoms with E-state index in [1.165, 1.54) is 16.7 Å². The van der Waals surface area contributed by atoms with Crippen molar-refractivity contribution in [3.8, 4) is 11.1 Å². The lowest BCUT2D eigenvalue weighted by atomic mass is 10.1. The van der Waals surface area contributed by atoms with Crippen LogP contribution in [0.25, 0.3) is 11.1 Å². The van der Waals surface area contributed by atoms with E-state index in [0.29, 0.717) is 13.1 Å². The fraction of sp³-hybridized carbons (Fsp3) is 0.308. The van der Waals surface area contributed by atoms with E-state index in [0.717, 1.165) is 19.3 Å². The van der Waals surface area contributed by atoms with Gasteiger partial charge in [0.2, 0.25) is 0 Å². The van der Waals surface area contributed by atoms with Crippen LogP contribution in [0, 0.1) is 0 Å². The van der Waals surface area contributed by atoms with Gasteiger partial charge in [0.15, 0.2) is 0 Å². The van der Waals surface area contributed by atoms with Crippen molar-refractivity contribution >= 4 is 6.47 Å². The molecule has 0 aromatic carbocycles. The number of unbranched alkanes of at least 4 members (excludes halogenated alkanes) is 1. The van der Waals surface area contributed by atoms with Crippen LogP contribution in [0.2, 0.25) is 0 Å². The van der Waals surface area contributed by atoms with Crippen molar-refractivity contribution in [3.05, 3.63) is 36.3 Å². The van der Waals surface area contributed by atoms with E-state index in [9.17, 15) is 4.79 Å². The van der Waals surface area contributed by atoms with E-state index in [4.69, 9.17) is 4.42 Å². The van der Waals surface area contributed by atoms with Gasteiger partial charge in [-0.15, -0.1) is 0 Å². The Morgan fingerprint density at radius 3 is 3.06 bits per heavy atom. The molecule has 3 heteroatoms. The summed E-state index contributed by atoms with van der Waals surface area (Å²) in [5, 5.41) is 0. The van der Waals surface area contributed by atoms with Crippen LogP contribution < -0.4 is 0 Å². The van der Waals surface area contributed by atoms with Gasteiger partial charge >= 0.3 is 0 Å². The molecule has 0 spiro atoms. The molecule has 3 nitrogen and oxygen atoms in total. The number of fused-ring (bicyclic) bond motifs is 1. The van der Waals surface area contributed by atoms with Crippen molar-refractivity contribution in [1.82, 2.24) is 0 Å². The van der Waals surface area contributed by atoms with E-state index >= 15 is 0 Å². The molecule has 1 aliphatic heterocycles. The number of aryl methyl sites for hydroxylation is 1. The van der Waals surface area contributed by atoms with Crippen molar-refractivity contribution in [2.24, 2.45) is 0 Å². The lowest BCUT2D eigenvalue weighted by Gasteiger charge is -2.03. The molecule has 0 aromatic rings. The lowest BCUT2D eigenvalue weighted by Crippen LogP contribution is -1.93. The van der Waals surface area contributed by atoms with Crippen LogP contribution in [0.1, 0.15) is 18.4 Å². The van der Waals surface area contributed by atoms with E-state index in [1.807, 2.05) is 6.07 Å². The summed E-state index contributed by atoms with van der Waals surface area (Å²) in [5.41, 5.74) is 3.69. The molecule has 0 atom stereocenters. The summed E-state index contributed by atoms with van der Waals surface area (Å²) in [4.78, 5) is 9.94. The molecular weight excluding hydrogens is 204 g/mol. The summed E-state index contributed by atoms with van der Waals surface area (Å²) in [6.45, 7) is 1.00. The highest BCUT2D eigenvalue weighted by Gasteiger charge is 2.08. The smallest absolute Gasteiger partial charge is 0.293 e. The van der Waals surface area contributed by atoms with Crippen LogP contribution in [0.15, 0.2) is 35.1 Å². The topological polar surface area (TPSA) is 39.4 Å². The van der Waals surface area contributed by atoms with Gasteiger partial charge < -0.3 is 9.15 Å². The second kappa shape index (κ2) is 5.35. The van der Waals surface area contributed by atoms with Crippen LogP contribution in [0.3, 0.4) is 0 Å². The highest BCUT2D eigenvalue weighted by Crippen LogP contribution is 2.28. The molecule has 0 saturated heterocycles. The van der Waals surface area contributed by atoms with Gasteiger partial charge in [0.1, 0.15) is 0 Å². The number of ether oxygens (including phenoxy) is 1. The minimum atomic E-state index is 0.497. The van der Waals surface area contributed by atoms with Crippen molar-refractivity contribution < 1.29 is 13.9 Å². The first-order valence-electron chi connectivity index (χ1n) is 5.41. The predicted octanol–water partition coefficient (Wildman–Crippen LogP) is 2.88. The average molecular weight is 218 g/mol. The monoisotopic (exact) mass is 218 g/mol. The highest BCUT2D eigenvalue weighted by molar-refractivity contribution is 5.69. The fourth-order valence-corrected chi connectivity index (χ4v) is 1.83. The summed E-state index contributed by atoms with van der Waals surface area (Å²) >= 11 is 0. The number of hydrogen-bond acceptors (Lipinski definition) is 3. The molecule has 0 fully saturated rings. The van der Waals surface area contributed by atoms with Crippen LogP contribution in [0.5, 0.6) is 0 Å². The third-order valence-corrected chi connectivity index (χ3v) is 2.66. The average Bonchev–Trinajstić information content (AvgIpc) is 2.73. The number of carbonyl (C=O) groups excluding carboxylic acids is 1. The number of carbonyl (C=O) groups is 1. The van der Waals surface area contributed by atoms with Gasteiger partial charge in [0, 0.05) is 5.56 Å². The van der Waals surface area contributed by atoms with Crippen molar-refractivity contribution in [3.63, 3.8) is 0 Å². The fourth-order valence-electron chi connectivity index (χ4n) is 1.83. The molecule has 0 aromatic heterocycles. The Kier molecular flexibility index (Phi) is 3.59. The zero-order valence-corrected chi connectivity index (χ0v) is 9.02. The maximum Gasteiger partial charge on any atom is 0.293 e. The van der Waals surface area contributed by atoms with Crippen LogP contribution in [0.4, 0.5) is 0 Å². The standard InChI is InChI=1S/C13H14O3/c14-10-16-7-2-1-3-11-4-5-12-6-8-15-9-13(11)12/h4-6,8-10H,1-3,7H2. The lowest BCUT2D eigenvalue weighted by molar-refractivity contribution is -0.128. The number of rotatable bonds is 6. The minimum Gasteiger partial charge on any atom is -0.472 e. The van der Waals surface area contributed by atoms with Crippen molar-refractivity contribution in [1.29, 1.82) is 0 Å². The normalized spacial score (nSPS) is 10.5. The van der Waals surface area contributed by atoms with Crippen LogP contribution in [-0.2, 0) is 16.0 Å². The minimum absolute atomic E-state index is 0.497. The molecule has 1 heterocycles. The van der Waals surface area contributed by atoms with Gasteiger partial charge in [-0.3, -0.25) is 4.79 Å². The molecule has 0 bridgehead atoms. The largest absolute Gasteiger partial charge is 0.472 e. The second-order valence-electron chi connectivity index (χ2n) is 3.71. The van der Waals surface area contributed by atoms with E-state index < -0.39 is 0 Å². The molecule has 2 aliphatic rings. The Morgan fingerprint density at radius 2 is 2.19 bits per heavy atom. The van der Waals surface area contributed by atoms with Gasteiger partial charge in [-0.05, 0) is 36.5 Å². The molecule has 16 heavy (non-hydrogen) atoms. The van der Waals surface area contributed by atoms with Gasteiger partial charge in [0.05, 0.1) is 19.1 Å². The van der Waals surface area contributed by atoms with Crippen molar-refractivity contribution in [2.75, 3.05) is 6.61 Å². The van der Waals surface area contributed by atoms with E-state index in [2.05, 4.69) is 16.9 Å². The first kappa shape index (κ1) is 10.7. The maximum absolute atomic E-state index is 9.94. The van der Waals surface area contributed by atoms with Crippen LogP contribution in [-0.4, -0.2) is 13.1 Å². The molecule has 1 aliphatic carbocycles. The highest BCUT2D eigenvalue weighted by atomic mass is 16.5. The Morgan fingerprint density at radius 1 is 1.25 bits per heavy atom. The maximum atomic E-state index is 9.94. The summed E-state index contributed by atoms with van der Waals surface area (Å²) < 4.78 is 9.80. The Hall–Kier alpha value is -1.77. The van der Waals surface area contributed by atoms with Gasteiger partial charge in [-0.1, -0.05) is 12.1 Å². The Balaban J connectivity index is 1.88. The Bertz CT molecular complexity index is 419. The van der Waals surface area contributed by atoms with Gasteiger partial charge in [-0.25, -0.2) is 0 Å². The summed E-state index contributed by atoms with van der Waals surface area (Å²) in [7, 11) is 0. The molecule has 0 saturated carbocycles. The quantitative estimate of drug-likeness (QED) is 0.552. The van der Waals surface area contributed by atoms with Gasteiger partial charge in [0.25, 0.3) is 6.47 Å². The molecule has 0 amide bonds. The molecule has 2 rings (SSSR count). The molecular formula is C13H14O3. The van der Waals surface area contributed by atoms with E-state index in [1.54, 1.807) is 12.5 Å². The van der Waals surface area contributed by atoms with Crippen LogP contribution >= 0.6 is 0 Å². The summed E-state index contributed by atoms with van der Waals surface area (Å²) in [6, 6.07) is 6.19.